The van der Waals surface area contributed by atoms with Crippen LogP contribution in [0.2, 0.25) is 0 Å². The van der Waals surface area contributed by atoms with E-state index in [-0.39, 0.29) is 0 Å². The highest BCUT2D eigenvalue weighted by atomic mass is 15.0. The summed E-state index contributed by atoms with van der Waals surface area (Å²) in [7, 11) is 0. The molecular weight excluding hydrogens is 170 g/mol. The molecule has 3 aliphatic carbocycles. The van der Waals surface area contributed by atoms with Crippen molar-refractivity contribution < 1.29 is 0 Å². The molecule has 2 unspecified atom stereocenters. The molecule has 3 rings (SSSR count). The summed E-state index contributed by atoms with van der Waals surface area (Å²) >= 11 is 0. The highest BCUT2D eigenvalue weighted by molar-refractivity contribution is 4.96. The highest BCUT2D eigenvalue weighted by Gasteiger charge is 2.41. The largest absolute Gasteiger partial charge is 0.311 e. The maximum atomic E-state index is 3.88. The maximum absolute atomic E-state index is 3.88. The van der Waals surface area contributed by atoms with E-state index in [0.29, 0.717) is 0 Å². The van der Waals surface area contributed by atoms with Crippen molar-refractivity contribution in [1.82, 2.24) is 5.32 Å². The van der Waals surface area contributed by atoms with Gasteiger partial charge in [-0.25, -0.2) is 0 Å². The molecule has 3 fully saturated rings. The van der Waals surface area contributed by atoms with E-state index in [1.54, 1.807) is 0 Å². The Morgan fingerprint density at radius 2 is 1.79 bits per heavy atom. The summed E-state index contributed by atoms with van der Waals surface area (Å²) in [5.74, 6) is 3.17. The van der Waals surface area contributed by atoms with Gasteiger partial charge in [-0.05, 0) is 43.4 Å². The van der Waals surface area contributed by atoms with Crippen molar-refractivity contribution in [3.05, 3.63) is 0 Å². The van der Waals surface area contributed by atoms with Gasteiger partial charge in [0.25, 0.3) is 0 Å². The van der Waals surface area contributed by atoms with Gasteiger partial charge >= 0.3 is 0 Å². The average molecular weight is 193 g/mol. The Balaban J connectivity index is 1.44. The van der Waals surface area contributed by atoms with Crippen LogP contribution in [0.1, 0.15) is 51.9 Å². The number of nitrogens with one attached hydrogen (secondary N) is 1. The predicted molar refractivity (Wildman–Crippen MR) is 59.2 cm³/mol. The first-order chi connectivity index (χ1) is 6.83. The lowest BCUT2D eigenvalue weighted by atomic mass is 9.63. The van der Waals surface area contributed by atoms with Crippen molar-refractivity contribution in [2.24, 2.45) is 17.8 Å². The van der Waals surface area contributed by atoms with Crippen LogP contribution in [0.5, 0.6) is 0 Å². The van der Waals surface area contributed by atoms with E-state index in [0.717, 1.165) is 29.8 Å². The van der Waals surface area contributed by atoms with E-state index in [2.05, 4.69) is 12.2 Å². The van der Waals surface area contributed by atoms with Crippen molar-refractivity contribution >= 4 is 0 Å². The normalized spacial score (nSPS) is 47.8. The number of rotatable bonds is 3. The summed E-state index contributed by atoms with van der Waals surface area (Å²) < 4.78 is 0. The summed E-state index contributed by atoms with van der Waals surface area (Å²) in [6.45, 7) is 2.38. The van der Waals surface area contributed by atoms with Gasteiger partial charge in [0.1, 0.15) is 0 Å². The Bertz CT molecular complexity index is 203. The summed E-state index contributed by atoms with van der Waals surface area (Å²) in [6.07, 6.45) is 10.4. The third-order valence-corrected chi connectivity index (χ3v) is 4.91. The Morgan fingerprint density at radius 1 is 1.00 bits per heavy atom. The standard InChI is InChI=1S/C13H23N/c1-9-7-11(8-9)14-13-6-5-12(13)10-3-2-4-10/h9-14H,2-8H2,1H3. The van der Waals surface area contributed by atoms with E-state index >= 15 is 0 Å². The van der Waals surface area contributed by atoms with Gasteiger partial charge in [-0.15, -0.1) is 0 Å². The summed E-state index contributed by atoms with van der Waals surface area (Å²) in [6, 6.07) is 1.80. The van der Waals surface area contributed by atoms with E-state index in [1.807, 2.05) is 0 Å². The molecule has 0 aromatic heterocycles. The van der Waals surface area contributed by atoms with Crippen LogP contribution in [0.4, 0.5) is 0 Å². The molecule has 0 aliphatic heterocycles. The molecule has 1 nitrogen and oxygen atoms in total. The van der Waals surface area contributed by atoms with E-state index in [1.165, 1.54) is 44.9 Å². The average Bonchev–Trinajstić information content (AvgIpc) is 2.00. The molecule has 3 saturated carbocycles. The maximum Gasteiger partial charge on any atom is 0.0101 e. The monoisotopic (exact) mass is 193 g/mol. The second-order valence-electron chi connectivity index (χ2n) is 5.98. The third-order valence-electron chi connectivity index (χ3n) is 4.91. The summed E-state index contributed by atoms with van der Waals surface area (Å²) in [5.41, 5.74) is 0. The number of hydrogen-bond donors (Lipinski definition) is 1. The molecule has 1 N–H and O–H groups in total. The van der Waals surface area contributed by atoms with Gasteiger partial charge in [-0.1, -0.05) is 26.2 Å². The minimum absolute atomic E-state index is 0.887. The molecule has 0 aromatic rings. The molecule has 3 aliphatic rings. The van der Waals surface area contributed by atoms with Crippen LogP contribution in [-0.2, 0) is 0 Å². The van der Waals surface area contributed by atoms with Gasteiger partial charge in [-0.3, -0.25) is 0 Å². The first kappa shape index (κ1) is 9.21. The minimum atomic E-state index is 0.887. The zero-order valence-corrected chi connectivity index (χ0v) is 9.34. The zero-order valence-electron chi connectivity index (χ0n) is 9.34. The van der Waals surface area contributed by atoms with E-state index in [9.17, 15) is 0 Å². The van der Waals surface area contributed by atoms with Crippen LogP contribution in [0, 0.1) is 17.8 Å². The van der Waals surface area contributed by atoms with Crippen LogP contribution < -0.4 is 5.32 Å². The first-order valence-corrected chi connectivity index (χ1v) is 6.59. The second kappa shape index (κ2) is 3.52. The van der Waals surface area contributed by atoms with Crippen molar-refractivity contribution in [2.45, 2.75) is 64.0 Å². The quantitative estimate of drug-likeness (QED) is 0.726. The van der Waals surface area contributed by atoms with Gasteiger partial charge in [0.2, 0.25) is 0 Å². The lowest BCUT2D eigenvalue weighted by molar-refractivity contribution is 0.0599. The fourth-order valence-corrected chi connectivity index (χ4v) is 3.51. The molecule has 0 heterocycles. The topological polar surface area (TPSA) is 12.0 Å². The third kappa shape index (κ3) is 1.50. The molecule has 0 radical (unpaired) electrons. The van der Waals surface area contributed by atoms with Gasteiger partial charge in [0, 0.05) is 12.1 Å². The molecule has 1 heteroatoms. The molecule has 80 valence electrons. The Labute approximate surface area is 87.7 Å². The van der Waals surface area contributed by atoms with Crippen LogP contribution in [-0.4, -0.2) is 12.1 Å². The van der Waals surface area contributed by atoms with E-state index in [4.69, 9.17) is 0 Å². The van der Waals surface area contributed by atoms with Crippen LogP contribution >= 0.6 is 0 Å². The van der Waals surface area contributed by atoms with Gasteiger partial charge in [-0.2, -0.15) is 0 Å². The van der Waals surface area contributed by atoms with Crippen LogP contribution in [0.15, 0.2) is 0 Å². The highest BCUT2D eigenvalue weighted by Crippen LogP contribution is 2.44. The molecule has 0 aromatic carbocycles. The Morgan fingerprint density at radius 3 is 2.21 bits per heavy atom. The summed E-state index contributed by atoms with van der Waals surface area (Å²) in [4.78, 5) is 0. The summed E-state index contributed by atoms with van der Waals surface area (Å²) in [5, 5.41) is 3.88. The van der Waals surface area contributed by atoms with Gasteiger partial charge in [0.05, 0.1) is 0 Å². The fraction of sp³-hybridized carbons (Fsp3) is 1.00. The van der Waals surface area contributed by atoms with Crippen LogP contribution in [0.3, 0.4) is 0 Å². The van der Waals surface area contributed by atoms with E-state index < -0.39 is 0 Å². The Kier molecular flexibility index (Phi) is 2.31. The molecule has 14 heavy (non-hydrogen) atoms. The van der Waals surface area contributed by atoms with Crippen LogP contribution in [0.25, 0.3) is 0 Å². The minimum Gasteiger partial charge on any atom is -0.311 e. The first-order valence-electron chi connectivity index (χ1n) is 6.59. The zero-order chi connectivity index (χ0) is 9.54. The van der Waals surface area contributed by atoms with Crippen molar-refractivity contribution in [3.8, 4) is 0 Å². The van der Waals surface area contributed by atoms with Crippen molar-refractivity contribution in [2.75, 3.05) is 0 Å². The molecule has 0 amide bonds. The lowest BCUT2D eigenvalue weighted by Crippen LogP contribution is -2.55. The van der Waals surface area contributed by atoms with Crippen molar-refractivity contribution in [3.63, 3.8) is 0 Å². The molecule has 0 spiro atoms. The molecule has 0 saturated heterocycles. The van der Waals surface area contributed by atoms with Gasteiger partial charge < -0.3 is 5.32 Å². The number of hydrogen-bond acceptors (Lipinski definition) is 1. The molecular formula is C13H23N. The smallest absolute Gasteiger partial charge is 0.0101 e. The van der Waals surface area contributed by atoms with Crippen molar-refractivity contribution in [1.29, 1.82) is 0 Å². The molecule has 0 bridgehead atoms. The molecule has 2 atom stereocenters. The predicted octanol–water partition coefficient (Wildman–Crippen LogP) is 2.95. The second-order valence-corrected chi connectivity index (χ2v) is 5.98. The van der Waals surface area contributed by atoms with Gasteiger partial charge in [0.15, 0.2) is 0 Å². The SMILES string of the molecule is CC1CC(NC2CCC2C2CCC2)C1. The Hall–Kier alpha value is -0.0400. The lowest BCUT2D eigenvalue weighted by Gasteiger charge is -2.49. The fourth-order valence-electron chi connectivity index (χ4n) is 3.51.